The third kappa shape index (κ3) is 4.21. The first-order chi connectivity index (χ1) is 10.4. The number of anilines is 1. The second-order valence-electron chi connectivity index (χ2n) is 5.82. The average Bonchev–Trinajstić information content (AvgIpc) is 2.91. The molecular weight excluding hydrogens is 298 g/mol. The number of phenols is 1. The van der Waals surface area contributed by atoms with Gasteiger partial charge < -0.3 is 9.84 Å². The van der Waals surface area contributed by atoms with E-state index in [9.17, 15) is 5.11 Å². The van der Waals surface area contributed by atoms with E-state index in [0.29, 0.717) is 12.4 Å². The highest BCUT2D eigenvalue weighted by Crippen LogP contribution is 2.27. The number of hydrogen-bond donors (Lipinski definition) is 2. The summed E-state index contributed by atoms with van der Waals surface area (Å²) >= 11 is 1.52. The van der Waals surface area contributed by atoms with Crippen LogP contribution in [0.15, 0.2) is 28.7 Å². The van der Waals surface area contributed by atoms with E-state index in [4.69, 9.17) is 4.74 Å². The topological polar surface area (TPSA) is 66.7 Å². The molecule has 0 saturated carbocycles. The third-order valence-corrected chi connectivity index (χ3v) is 3.68. The Bertz CT molecular complexity index is 660. The van der Waals surface area contributed by atoms with Crippen molar-refractivity contribution in [3.05, 3.63) is 34.8 Å². The van der Waals surface area contributed by atoms with E-state index < -0.39 is 0 Å². The minimum absolute atomic E-state index is 0.0312. The molecule has 1 heterocycles. The molecule has 0 spiro atoms. The van der Waals surface area contributed by atoms with Crippen LogP contribution < -0.4 is 10.2 Å². The molecule has 0 radical (unpaired) electrons. The zero-order valence-corrected chi connectivity index (χ0v) is 14.1. The first-order valence-electron chi connectivity index (χ1n) is 7.11. The molecule has 118 valence electrons. The molecule has 0 saturated heterocycles. The van der Waals surface area contributed by atoms with E-state index in [2.05, 4.69) is 36.3 Å². The van der Waals surface area contributed by atoms with Crippen LogP contribution >= 0.6 is 11.3 Å². The first-order valence-corrected chi connectivity index (χ1v) is 7.99. The van der Waals surface area contributed by atoms with Crippen molar-refractivity contribution in [2.45, 2.75) is 33.1 Å². The van der Waals surface area contributed by atoms with Crippen LogP contribution in [0.1, 0.15) is 39.0 Å². The van der Waals surface area contributed by atoms with Crippen molar-refractivity contribution in [1.82, 2.24) is 4.98 Å². The maximum atomic E-state index is 9.66. The molecule has 0 atom stereocenters. The summed E-state index contributed by atoms with van der Waals surface area (Å²) in [6, 6.07) is 5.10. The van der Waals surface area contributed by atoms with Crippen LogP contribution in [-0.4, -0.2) is 22.9 Å². The van der Waals surface area contributed by atoms with Crippen molar-refractivity contribution in [1.29, 1.82) is 0 Å². The highest BCUT2D eigenvalue weighted by Gasteiger charge is 2.17. The van der Waals surface area contributed by atoms with Gasteiger partial charge in [0, 0.05) is 10.8 Å². The number of nitrogens with one attached hydrogen (secondary N) is 1. The lowest BCUT2D eigenvalue weighted by Gasteiger charge is -2.13. The summed E-state index contributed by atoms with van der Waals surface area (Å²) in [4.78, 5) is 4.50. The Morgan fingerprint density at radius 2 is 2.18 bits per heavy atom. The van der Waals surface area contributed by atoms with Crippen molar-refractivity contribution < 1.29 is 9.84 Å². The molecule has 22 heavy (non-hydrogen) atoms. The highest BCUT2D eigenvalue weighted by atomic mass is 32.1. The Morgan fingerprint density at radius 3 is 2.82 bits per heavy atom. The third-order valence-electron chi connectivity index (χ3n) is 2.93. The highest BCUT2D eigenvalue weighted by molar-refractivity contribution is 7.13. The molecule has 0 bridgehead atoms. The molecule has 6 heteroatoms. The quantitative estimate of drug-likeness (QED) is 0.646. The minimum Gasteiger partial charge on any atom is -0.504 e. The van der Waals surface area contributed by atoms with Crippen molar-refractivity contribution in [2.75, 3.05) is 12.0 Å². The molecule has 2 rings (SSSR count). The zero-order valence-electron chi connectivity index (χ0n) is 13.3. The van der Waals surface area contributed by atoms with Gasteiger partial charge in [0.2, 0.25) is 5.13 Å². The van der Waals surface area contributed by atoms with E-state index in [1.807, 2.05) is 12.3 Å². The number of thiazole rings is 1. The Morgan fingerprint density at radius 1 is 1.41 bits per heavy atom. The Labute approximate surface area is 134 Å². The summed E-state index contributed by atoms with van der Waals surface area (Å²) in [5, 5.41) is 16.6. The number of hydrazone groups is 1. The van der Waals surface area contributed by atoms with E-state index >= 15 is 0 Å². The van der Waals surface area contributed by atoms with Crippen LogP contribution in [0.5, 0.6) is 11.5 Å². The second-order valence-corrected chi connectivity index (χ2v) is 6.68. The summed E-state index contributed by atoms with van der Waals surface area (Å²) in [5.41, 5.74) is 4.83. The molecule has 1 aromatic carbocycles. The van der Waals surface area contributed by atoms with Gasteiger partial charge in [-0.3, -0.25) is 5.43 Å². The lowest BCUT2D eigenvalue weighted by atomic mass is 9.93. The van der Waals surface area contributed by atoms with E-state index in [1.165, 1.54) is 11.3 Å². The number of aromatic nitrogens is 1. The number of ether oxygens (including phenoxy) is 1. The van der Waals surface area contributed by atoms with Gasteiger partial charge in [-0.15, -0.1) is 11.3 Å². The van der Waals surface area contributed by atoms with Crippen molar-refractivity contribution in [2.24, 2.45) is 5.10 Å². The Hall–Kier alpha value is -2.08. The SMILES string of the molecule is CCOc1cc(/C=N\Nc2nc(C(C)(C)C)cs2)ccc1O. The van der Waals surface area contributed by atoms with Crippen molar-refractivity contribution in [3.63, 3.8) is 0 Å². The molecule has 1 aromatic heterocycles. The number of benzene rings is 1. The second kappa shape index (κ2) is 6.79. The minimum atomic E-state index is 0.0312. The Balaban J connectivity index is 2.03. The maximum absolute atomic E-state index is 9.66. The molecule has 5 nitrogen and oxygen atoms in total. The summed E-state index contributed by atoms with van der Waals surface area (Å²) < 4.78 is 5.34. The maximum Gasteiger partial charge on any atom is 0.203 e. The smallest absolute Gasteiger partial charge is 0.203 e. The lowest BCUT2D eigenvalue weighted by Crippen LogP contribution is -2.11. The predicted octanol–water partition coefficient (Wildman–Crippen LogP) is 3.99. The Kier molecular flexibility index (Phi) is 5.03. The summed E-state index contributed by atoms with van der Waals surface area (Å²) in [7, 11) is 0. The number of rotatable bonds is 5. The molecule has 0 unspecified atom stereocenters. The fourth-order valence-corrected chi connectivity index (χ4v) is 2.60. The normalized spacial score (nSPS) is 11.8. The number of nitrogens with zero attached hydrogens (tertiary/aromatic N) is 2. The van der Waals surface area contributed by atoms with Gasteiger partial charge in [0.25, 0.3) is 0 Å². The van der Waals surface area contributed by atoms with Crippen LogP contribution in [-0.2, 0) is 5.41 Å². The van der Waals surface area contributed by atoms with Crippen LogP contribution in [0.25, 0.3) is 0 Å². The molecule has 2 aromatic rings. The number of phenolic OH excluding ortho intramolecular Hbond substituents is 1. The molecular formula is C16H21N3O2S. The molecule has 0 aliphatic carbocycles. The van der Waals surface area contributed by atoms with E-state index in [0.717, 1.165) is 16.4 Å². The van der Waals surface area contributed by atoms with Gasteiger partial charge in [-0.2, -0.15) is 5.10 Å². The van der Waals surface area contributed by atoms with Gasteiger partial charge in [-0.05, 0) is 30.7 Å². The number of aromatic hydroxyl groups is 1. The summed E-state index contributed by atoms with van der Waals surface area (Å²) in [6.07, 6.45) is 1.67. The summed E-state index contributed by atoms with van der Waals surface area (Å²) in [5.74, 6) is 0.581. The van der Waals surface area contributed by atoms with Crippen LogP contribution in [0.4, 0.5) is 5.13 Å². The molecule has 0 aliphatic heterocycles. The van der Waals surface area contributed by atoms with Gasteiger partial charge >= 0.3 is 0 Å². The zero-order chi connectivity index (χ0) is 16.2. The van der Waals surface area contributed by atoms with Gasteiger partial charge in [-0.1, -0.05) is 20.8 Å². The van der Waals surface area contributed by atoms with Crippen LogP contribution in [0, 0.1) is 0 Å². The largest absolute Gasteiger partial charge is 0.504 e. The lowest BCUT2D eigenvalue weighted by molar-refractivity contribution is 0.318. The molecule has 2 N–H and O–H groups in total. The van der Waals surface area contributed by atoms with E-state index in [-0.39, 0.29) is 11.2 Å². The van der Waals surface area contributed by atoms with E-state index in [1.54, 1.807) is 24.4 Å². The number of hydrogen-bond acceptors (Lipinski definition) is 6. The fraction of sp³-hybridized carbons (Fsp3) is 0.375. The van der Waals surface area contributed by atoms with Gasteiger partial charge in [0.1, 0.15) is 0 Å². The fourth-order valence-electron chi connectivity index (χ4n) is 1.71. The van der Waals surface area contributed by atoms with Crippen molar-refractivity contribution >= 4 is 22.7 Å². The van der Waals surface area contributed by atoms with Crippen molar-refractivity contribution in [3.8, 4) is 11.5 Å². The van der Waals surface area contributed by atoms with Gasteiger partial charge in [0.05, 0.1) is 18.5 Å². The predicted molar refractivity (Wildman–Crippen MR) is 91.3 cm³/mol. The molecule has 0 amide bonds. The molecule has 0 aliphatic rings. The van der Waals surface area contributed by atoms with Crippen LogP contribution in [0.3, 0.4) is 0 Å². The van der Waals surface area contributed by atoms with Gasteiger partial charge in [0.15, 0.2) is 11.5 Å². The van der Waals surface area contributed by atoms with Gasteiger partial charge in [-0.25, -0.2) is 4.98 Å². The standard InChI is InChI=1S/C16H21N3O2S/c1-5-21-13-8-11(6-7-12(13)20)9-17-19-15-18-14(10-22-15)16(2,3)4/h6-10,20H,5H2,1-4H3,(H,18,19)/b17-9-. The summed E-state index contributed by atoms with van der Waals surface area (Å²) in [6.45, 7) is 8.75. The monoisotopic (exact) mass is 319 g/mol. The average molecular weight is 319 g/mol. The van der Waals surface area contributed by atoms with Crippen LogP contribution in [0.2, 0.25) is 0 Å². The first kappa shape index (κ1) is 16.3. The molecule has 0 fully saturated rings.